The van der Waals surface area contributed by atoms with Crippen LogP contribution < -0.4 is 10.2 Å². The number of aromatic nitrogens is 3. The number of anilines is 2. The molecule has 0 bridgehead atoms. The van der Waals surface area contributed by atoms with E-state index in [1.165, 1.54) is 16.9 Å². The smallest absolute Gasteiger partial charge is 0.322 e. The molecule has 1 fully saturated rings. The summed E-state index contributed by atoms with van der Waals surface area (Å²) in [5, 5.41) is 6.86. The predicted octanol–water partition coefficient (Wildman–Crippen LogP) is 3.97. The number of pyridine rings is 1. The molecule has 2 aromatic heterocycles. The van der Waals surface area contributed by atoms with Crippen molar-refractivity contribution in [2.45, 2.75) is 25.9 Å². The number of amides is 2. The molecule has 3 heterocycles. The second kappa shape index (κ2) is 7.86. The molecular formula is C21H18F3N5O2. The van der Waals surface area contributed by atoms with Crippen LogP contribution in [0.3, 0.4) is 0 Å². The Labute approximate surface area is 175 Å². The van der Waals surface area contributed by atoms with Crippen LogP contribution in [-0.4, -0.2) is 33.1 Å². The molecule has 0 saturated carbocycles. The lowest BCUT2D eigenvalue weighted by atomic mass is 10.2. The summed E-state index contributed by atoms with van der Waals surface area (Å²) in [6.45, 7) is 2.27. The number of rotatable bonds is 4. The molecule has 0 spiro atoms. The maximum absolute atomic E-state index is 12.7. The van der Waals surface area contributed by atoms with Crippen molar-refractivity contribution in [1.29, 1.82) is 0 Å². The van der Waals surface area contributed by atoms with E-state index < -0.39 is 17.6 Å². The zero-order chi connectivity index (χ0) is 22.2. The number of hydrogen-bond donors (Lipinski definition) is 1. The van der Waals surface area contributed by atoms with Gasteiger partial charge in [-0.3, -0.25) is 9.59 Å². The number of hydrogen-bond acceptors (Lipinski definition) is 4. The standard InChI is InChI=1S/C21H18F3N5O2/c1-13-17(12-26-29(13)18-8-7-14(11-25-18)21(22,23)24)20(31)27-15-4-2-5-16(10-15)28-9-3-6-19(28)30/h2,4-5,7-8,10-12H,3,6,9H2,1H3,(H,27,31). The molecule has 1 N–H and O–H groups in total. The molecule has 0 atom stereocenters. The average Bonchev–Trinajstić information content (AvgIpc) is 3.33. The van der Waals surface area contributed by atoms with Crippen LogP contribution in [0.15, 0.2) is 48.8 Å². The fourth-order valence-electron chi connectivity index (χ4n) is 3.41. The number of nitrogens with zero attached hydrogens (tertiary/aromatic N) is 4. The number of carbonyl (C=O) groups excluding carboxylic acids is 2. The van der Waals surface area contributed by atoms with Crippen molar-refractivity contribution < 1.29 is 22.8 Å². The second-order valence-electron chi connectivity index (χ2n) is 7.11. The molecule has 1 aromatic carbocycles. The Morgan fingerprint density at radius 1 is 1.16 bits per heavy atom. The minimum atomic E-state index is -4.48. The van der Waals surface area contributed by atoms with Crippen LogP contribution in [0.2, 0.25) is 0 Å². The normalized spacial score (nSPS) is 14.2. The van der Waals surface area contributed by atoms with Crippen LogP contribution in [0.1, 0.15) is 34.5 Å². The van der Waals surface area contributed by atoms with Gasteiger partial charge in [0.25, 0.3) is 5.91 Å². The van der Waals surface area contributed by atoms with Gasteiger partial charge in [0.05, 0.1) is 23.0 Å². The number of carbonyl (C=O) groups is 2. The van der Waals surface area contributed by atoms with Gasteiger partial charge in [0, 0.05) is 30.5 Å². The van der Waals surface area contributed by atoms with Crippen molar-refractivity contribution >= 4 is 23.2 Å². The van der Waals surface area contributed by atoms with E-state index in [-0.39, 0.29) is 17.3 Å². The van der Waals surface area contributed by atoms with Crippen LogP contribution >= 0.6 is 0 Å². The first-order valence-corrected chi connectivity index (χ1v) is 9.54. The largest absolute Gasteiger partial charge is 0.417 e. The molecule has 0 aliphatic carbocycles. The van der Waals surface area contributed by atoms with E-state index in [2.05, 4.69) is 15.4 Å². The highest BCUT2D eigenvalue weighted by atomic mass is 19.4. The van der Waals surface area contributed by atoms with Crippen molar-refractivity contribution in [3.05, 3.63) is 65.6 Å². The van der Waals surface area contributed by atoms with Crippen molar-refractivity contribution in [1.82, 2.24) is 14.8 Å². The summed E-state index contributed by atoms with van der Waals surface area (Å²) in [5.41, 5.74) is 1.04. The first-order chi connectivity index (χ1) is 14.7. The zero-order valence-electron chi connectivity index (χ0n) is 16.5. The van der Waals surface area contributed by atoms with E-state index >= 15 is 0 Å². The number of benzene rings is 1. The number of nitrogens with one attached hydrogen (secondary N) is 1. The molecular weight excluding hydrogens is 411 g/mol. The van der Waals surface area contributed by atoms with Crippen molar-refractivity contribution in [2.75, 3.05) is 16.8 Å². The van der Waals surface area contributed by atoms with E-state index in [4.69, 9.17) is 0 Å². The van der Waals surface area contributed by atoms with Crippen molar-refractivity contribution in [2.24, 2.45) is 0 Å². The van der Waals surface area contributed by atoms with Crippen molar-refractivity contribution in [3.8, 4) is 5.82 Å². The van der Waals surface area contributed by atoms with E-state index in [1.807, 2.05) is 0 Å². The van der Waals surface area contributed by atoms with Gasteiger partial charge in [-0.1, -0.05) is 6.07 Å². The van der Waals surface area contributed by atoms with Crippen LogP contribution in [0.4, 0.5) is 24.5 Å². The Balaban J connectivity index is 1.53. The summed E-state index contributed by atoms with van der Waals surface area (Å²) >= 11 is 0. The molecule has 31 heavy (non-hydrogen) atoms. The maximum Gasteiger partial charge on any atom is 0.417 e. The Hall–Kier alpha value is -3.69. The van der Waals surface area contributed by atoms with E-state index in [1.54, 1.807) is 36.1 Å². The Morgan fingerprint density at radius 3 is 2.61 bits per heavy atom. The third kappa shape index (κ3) is 4.14. The molecule has 4 rings (SSSR count). The molecule has 3 aromatic rings. The highest BCUT2D eigenvalue weighted by Gasteiger charge is 2.31. The molecule has 7 nitrogen and oxygen atoms in total. The highest BCUT2D eigenvalue weighted by Crippen LogP contribution is 2.29. The third-order valence-corrected chi connectivity index (χ3v) is 5.04. The van der Waals surface area contributed by atoms with E-state index in [0.717, 1.165) is 18.7 Å². The quantitative estimate of drug-likeness (QED) is 0.681. The van der Waals surface area contributed by atoms with Gasteiger partial charge in [0.1, 0.15) is 0 Å². The van der Waals surface area contributed by atoms with Gasteiger partial charge in [-0.05, 0) is 43.7 Å². The van der Waals surface area contributed by atoms with Crippen molar-refractivity contribution in [3.63, 3.8) is 0 Å². The summed E-state index contributed by atoms with van der Waals surface area (Å²) in [6.07, 6.45) is -1.12. The highest BCUT2D eigenvalue weighted by molar-refractivity contribution is 6.05. The van der Waals surface area contributed by atoms with Crippen LogP contribution in [0.25, 0.3) is 5.82 Å². The first kappa shape index (κ1) is 20.6. The summed E-state index contributed by atoms with van der Waals surface area (Å²) in [5.74, 6) is -0.218. The monoisotopic (exact) mass is 429 g/mol. The Bertz CT molecular complexity index is 1140. The maximum atomic E-state index is 12.7. The topological polar surface area (TPSA) is 80.1 Å². The lowest BCUT2D eigenvalue weighted by Gasteiger charge is -2.16. The van der Waals surface area contributed by atoms with Crippen LogP contribution in [-0.2, 0) is 11.0 Å². The lowest BCUT2D eigenvalue weighted by molar-refractivity contribution is -0.137. The van der Waals surface area contributed by atoms with Gasteiger partial charge in [0.2, 0.25) is 5.91 Å². The van der Waals surface area contributed by atoms with Gasteiger partial charge in [-0.2, -0.15) is 18.3 Å². The number of halogens is 3. The molecule has 2 amide bonds. The fraction of sp³-hybridized carbons (Fsp3) is 0.238. The molecule has 10 heteroatoms. The molecule has 0 unspecified atom stereocenters. The molecule has 0 radical (unpaired) electrons. The van der Waals surface area contributed by atoms with Gasteiger partial charge in [0.15, 0.2) is 5.82 Å². The summed E-state index contributed by atoms with van der Waals surface area (Å²) in [7, 11) is 0. The molecule has 160 valence electrons. The summed E-state index contributed by atoms with van der Waals surface area (Å²) in [4.78, 5) is 30.2. The van der Waals surface area contributed by atoms with Gasteiger partial charge in [-0.25, -0.2) is 9.67 Å². The van der Waals surface area contributed by atoms with Gasteiger partial charge in [-0.15, -0.1) is 0 Å². The fourth-order valence-corrected chi connectivity index (χ4v) is 3.41. The Kier molecular flexibility index (Phi) is 5.22. The second-order valence-corrected chi connectivity index (χ2v) is 7.11. The number of alkyl halides is 3. The summed E-state index contributed by atoms with van der Waals surface area (Å²) < 4.78 is 39.5. The molecule has 1 aliphatic rings. The van der Waals surface area contributed by atoms with Gasteiger partial charge >= 0.3 is 6.18 Å². The minimum absolute atomic E-state index is 0.0460. The van der Waals surface area contributed by atoms with E-state index in [0.29, 0.717) is 30.0 Å². The average molecular weight is 429 g/mol. The minimum Gasteiger partial charge on any atom is -0.322 e. The van der Waals surface area contributed by atoms with E-state index in [9.17, 15) is 22.8 Å². The Morgan fingerprint density at radius 2 is 1.97 bits per heavy atom. The molecule has 1 saturated heterocycles. The lowest BCUT2D eigenvalue weighted by Crippen LogP contribution is -2.23. The first-order valence-electron chi connectivity index (χ1n) is 9.54. The van der Waals surface area contributed by atoms with Crippen LogP contribution in [0, 0.1) is 6.92 Å². The third-order valence-electron chi connectivity index (χ3n) is 5.04. The predicted molar refractivity (Wildman–Crippen MR) is 107 cm³/mol. The SMILES string of the molecule is Cc1c(C(=O)Nc2cccc(N3CCCC3=O)c2)cnn1-c1ccc(C(F)(F)F)cn1. The zero-order valence-corrected chi connectivity index (χ0v) is 16.5. The molecule has 1 aliphatic heterocycles. The van der Waals surface area contributed by atoms with Crippen LogP contribution in [0.5, 0.6) is 0 Å². The van der Waals surface area contributed by atoms with Gasteiger partial charge < -0.3 is 10.2 Å². The summed E-state index contributed by atoms with van der Waals surface area (Å²) in [6, 6.07) is 9.09.